The maximum absolute atomic E-state index is 13.1. The van der Waals surface area contributed by atoms with Crippen LogP contribution in [0.4, 0.5) is 4.39 Å². The molecule has 1 aromatic carbocycles. The van der Waals surface area contributed by atoms with E-state index >= 15 is 0 Å². The lowest BCUT2D eigenvalue weighted by Gasteiger charge is -2.22. The molecule has 0 aliphatic rings. The number of hydrogen-bond acceptors (Lipinski definition) is 2. The van der Waals surface area contributed by atoms with Gasteiger partial charge in [-0.05, 0) is 24.6 Å². The molecule has 0 N–H and O–H groups in total. The van der Waals surface area contributed by atoms with Crippen LogP contribution in [0, 0.1) is 11.2 Å². The maximum Gasteiger partial charge on any atom is 0.172 e. The molecule has 0 aromatic heterocycles. The molecule has 0 spiro atoms. The van der Waals surface area contributed by atoms with E-state index < -0.39 is 11.2 Å². The lowest BCUT2D eigenvalue weighted by molar-refractivity contribution is 0.0829. The number of ketones is 1. The van der Waals surface area contributed by atoms with Crippen LogP contribution in [-0.2, 0) is 0 Å². The van der Waals surface area contributed by atoms with Crippen molar-refractivity contribution in [3.05, 3.63) is 29.6 Å². The summed E-state index contributed by atoms with van der Waals surface area (Å²) in [6, 6.07) is 4.00. The van der Waals surface area contributed by atoms with Gasteiger partial charge in [0.2, 0.25) is 0 Å². The molecule has 0 saturated carbocycles. The molecule has 0 aliphatic carbocycles. The van der Waals surface area contributed by atoms with Gasteiger partial charge >= 0.3 is 0 Å². The zero-order chi connectivity index (χ0) is 12.3. The van der Waals surface area contributed by atoms with E-state index in [1.165, 1.54) is 25.3 Å². The summed E-state index contributed by atoms with van der Waals surface area (Å²) in [5, 5.41) is 0. The summed E-state index contributed by atoms with van der Waals surface area (Å²) in [5.41, 5.74) is -0.185. The third-order valence-corrected chi connectivity index (χ3v) is 2.90. The van der Waals surface area contributed by atoms with Gasteiger partial charge in [-0.25, -0.2) is 4.39 Å². The van der Waals surface area contributed by atoms with Crippen LogP contribution in [-0.4, -0.2) is 12.9 Å². The van der Waals surface area contributed by atoms with Crippen LogP contribution < -0.4 is 4.74 Å². The Morgan fingerprint density at radius 3 is 2.56 bits per heavy atom. The Morgan fingerprint density at radius 1 is 1.44 bits per heavy atom. The van der Waals surface area contributed by atoms with E-state index in [0.29, 0.717) is 17.7 Å². The number of hydrogen-bond donors (Lipinski definition) is 0. The predicted molar refractivity (Wildman–Crippen MR) is 61.4 cm³/mol. The first-order valence-electron chi connectivity index (χ1n) is 5.30. The van der Waals surface area contributed by atoms with E-state index in [1.54, 1.807) is 0 Å². The van der Waals surface area contributed by atoms with Gasteiger partial charge in [-0.2, -0.15) is 0 Å². The quantitative estimate of drug-likeness (QED) is 0.732. The Labute approximate surface area is 95.4 Å². The first kappa shape index (κ1) is 12.7. The molecule has 0 fully saturated rings. The summed E-state index contributed by atoms with van der Waals surface area (Å²) < 4.78 is 18.2. The molecule has 0 atom stereocenters. The summed E-state index contributed by atoms with van der Waals surface area (Å²) in [7, 11) is 1.48. The van der Waals surface area contributed by atoms with E-state index in [2.05, 4.69) is 0 Å². The molecular formula is C13H17FO2. The molecule has 1 aromatic rings. The minimum absolute atomic E-state index is 0.0913. The summed E-state index contributed by atoms with van der Waals surface area (Å²) in [6.45, 7) is 5.63. The highest BCUT2D eigenvalue weighted by molar-refractivity contribution is 6.02. The first-order valence-corrected chi connectivity index (χ1v) is 5.30. The highest BCUT2D eigenvalue weighted by Gasteiger charge is 2.29. The van der Waals surface area contributed by atoms with Gasteiger partial charge in [0.05, 0.1) is 12.7 Å². The average Bonchev–Trinajstić information content (AvgIpc) is 2.28. The van der Waals surface area contributed by atoms with Gasteiger partial charge in [0.25, 0.3) is 0 Å². The number of carbonyl (C=O) groups excluding carboxylic acids is 1. The third kappa shape index (κ3) is 2.40. The van der Waals surface area contributed by atoms with Crippen molar-refractivity contribution >= 4 is 5.78 Å². The lowest BCUT2D eigenvalue weighted by atomic mass is 9.82. The standard InChI is InChI=1S/C13H17FO2/c1-5-13(2,3)12(15)10-8-9(14)6-7-11(10)16-4/h6-8H,5H2,1-4H3. The largest absolute Gasteiger partial charge is 0.496 e. The normalized spacial score (nSPS) is 11.3. The predicted octanol–water partition coefficient (Wildman–Crippen LogP) is 3.45. The number of Topliss-reactive ketones (excluding diaryl/α,β-unsaturated/α-hetero) is 1. The van der Waals surface area contributed by atoms with Gasteiger partial charge in [-0.1, -0.05) is 20.8 Å². The molecule has 88 valence electrons. The second-order valence-electron chi connectivity index (χ2n) is 4.41. The molecular weight excluding hydrogens is 207 g/mol. The Hall–Kier alpha value is -1.38. The van der Waals surface area contributed by atoms with E-state index in [0.717, 1.165) is 0 Å². The SMILES string of the molecule is CCC(C)(C)C(=O)c1cc(F)ccc1OC. The number of halogens is 1. The van der Waals surface area contributed by atoms with Crippen LogP contribution in [0.25, 0.3) is 0 Å². The Kier molecular flexibility index (Phi) is 3.68. The van der Waals surface area contributed by atoms with Crippen LogP contribution in [0.1, 0.15) is 37.6 Å². The van der Waals surface area contributed by atoms with Crippen LogP contribution in [0.2, 0.25) is 0 Å². The monoisotopic (exact) mass is 224 g/mol. The van der Waals surface area contributed by atoms with Crippen molar-refractivity contribution < 1.29 is 13.9 Å². The molecule has 0 aliphatic heterocycles. The van der Waals surface area contributed by atoms with Crippen molar-refractivity contribution in [2.75, 3.05) is 7.11 Å². The fraction of sp³-hybridized carbons (Fsp3) is 0.462. The number of rotatable bonds is 4. The Bertz CT molecular complexity index is 397. The highest BCUT2D eigenvalue weighted by Crippen LogP contribution is 2.30. The summed E-state index contributed by atoms with van der Waals surface area (Å²) >= 11 is 0. The minimum Gasteiger partial charge on any atom is -0.496 e. The molecule has 0 heterocycles. The van der Waals surface area contributed by atoms with E-state index in [-0.39, 0.29) is 5.78 Å². The molecule has 0 saturated heterocycles. The fourth-order valence-electron chi connectivity index (χ4n) is 1.38. The zero-order valence-corrected chi connectivity index (χ0v) is 10.1. The van der Waals surface area contributed by atoms with E-state index in [1.807, 2.05) is 20.8 Å². The van der Waals surface area contributed by atoms with Gasteiger partial charge < -0.3 is 4.74 Å². The number of methoxy groups -OCH3 is 1. The van der Waals surface area contributed by atoms with Crippen molar-refractivity contribution in [1.82, 2.24) is 0 Å². The van der Waals surface area contributed by atoms with Crippen molar-refractivity contribution in [3.8, 4) is 5.75 Å². The van der Waals surface area contributed by atoms with Crippen molar-refractivity contribution in [2.45, 2.75) is 27.2 Å². The van der Waals surface area contributed by atoms with E-state index in [4.69, 9.17) is 4.74 Å². The smallest absolute Gasteiger partial charge is 0.172 e. The summed E-state index contributed by atoms with van der Waals surface area (Å²) in [4.78, 5) is 12.2. The van der Waals surface area contributed by atoms with E-state index in [9.17, 15) is 9.18 Å². The van der Waals surface area contributed by atoms with Crippen molar-refractivity contribution in [1.29, 1.82) is 0 Å². The molecule has 2 nitrogen and oxygen atoms in total. The summed E-state index contributed by atoms with van der Waals surface area (Å²) in [6.07, 6.45) is 0.700. The fourth-order valence-corrected chi connectivity index (χ4v) is 1.38. The topological polar surface area (TPSA) is 26.3 Å². The lowest BCUT2D eigenvalue weighted by Crippen LogP contribution is -2.24. The molecule has 0 unspecified atom stereocenters. The van der Waals surface area contributed by atoms with Gasteiger partial charge in [0.1, 0.15) is 11.6 Å². The van der Waals surface area contributed by atoms with Crippen LogP contribution in [0.15, 0.2) is 18.2 Å². The van der Waals surface area contributed by atoms with Gasteiger partial charge in [-0.15, -0.1) is 0 Å². The summed E-state index contributed by atoms with van der Waals surface area (Å²) in [5.74, 6) is -0.0877. The Morgan fingerprint density at radius 2 is 2.06 bits per heavy atom. The highest BCUT2D eigenvalue weighted by atomic mass is 19.1. The van der Waals surface area contributed by atoms with Crippen LogP contribution >= 0.6 is 0 Å². The second kappa shape index (κ2) is 4.64. The van der Waals surface area contributed by atoms with Gasteiger partial charge in [-0.3, -0.25) is 4.79 Å². The molecule has 0 radical (unpaired) electrons. The number of carbonyl (C=O) groups is 1. The Balaban J connectivity index is 3.21. The third-order valence-electron chi connectivity index (χ3n) is 2.90. The van der Waals surface area contributed by atoms with Crippen LogP contribution in [0.5, 0.6) is 5.75 Å². The molecule has 3 heteroatoms. The molecule has 16 heavy (non-hydrogen) atoms. The van der Waals surface area contributed by atoms with Crippen LogP contribution in [0.3, 0.4) is 0 Å². The minimum atomic E-state index is -0.499. The second-order valence-corrected chi connectivity index (χ2v) is 4.41. The average molecular weight is 224 g/mol. The van der Waals surface area contributed by atoms with Gasteiger partial charge in [0, 0.05) is 5.41 Å². The molecule has 0 amide bonds. The maximum atomic E-state index is 13.1. The molecule has 0 bridgehead atoms. The molecule has 1 rings (SSSR count). The van der Waals surface area contributed by atoms with Crippen molar-refractivity contribution in [3.63, 3.8) is 0 Å². The first-order chi connectivity index (χ1) is 7.42. The number of ether oxygens (including phenoxy) is 1. The number of benzene rings is 1. The zero-order valence-electron chi connectivity index (χ0n) is 10.1. The van der Waals surface area contributed by atoms with Gasteiger partial charge in [0.15, 0.2) is 5.78 Å². The van der Waals surface area contributed by atoms with Crippen molar-refractivity contribution in [2.24, 2.45) is 5.41 Å².